The minimum Gasteiger partial charge on any atom is -0.339 e. The van der Waals surface area contributed by atoms with Gasteiger partial charge in [0.05, 0.1) is 10.6 Å². The quantitative estimate of drug-likeness (QED) is 0.730. The van der Waals surface area contributed by atoms with E-state index in [1.807, 2.05) is 39.8 Å². The van der Waals surface area contributed by atoms with E-state index in [0.717, 1.165) is 24.0 Å². The lowest BCUT2D eigenvalue weighted by atomic mass is 10.1. The predicted molar refractivity (Wildman–Crippen MR) is 110 cm³/mol. The van der Waals surface area contributed by atoms with Crippen molar-refractivity contribution in [3.63, 3.8) is 0 Å². The molecule has 0 unspecified atom stereocenters. The lowest BCUT2D eigenvalue weighted by Crippen LogP contribution is -2.32. The molecule has 0 aliphatic rings. The average molecular weight is 389 g/mol. The van der Waals surface area contributed by atoms with Crippen LogP contribution in [-0.2, 0) is 10.0 Å². The van der Waals surface area contributed by atoms with E-state index in [1.165, 1.54) is 12.1 Å². The zero-order valence-corrected chi connectivity index (χ0v) is 17.3. The van der Waals surface area contributed by atoms with Gasteiger partial charge in [-0.05, 0) is 62.1 Å². The number of nitrogens with zero attached hydrogens (tertiary/aromatic N) is 1. The van der Waals surface area contributed by atoms with Gasteiger partial charge in [-0.2, -0.15) is 0 Å². The first kappa shape index (κ1) is 21.0. The number of carbonyl (C=O) groups excluding carboxylic acids is 1. The molecule has 1 N–H and O–H groups in total. The van der Waals surface area contributed by atoms with Crippen LogP contribution < -0.4 is 4.72 Å². The van der Waals surface area contributed by atoms with Crippen molar-refractivity contribution in [1.82, 2.24) is 4.90 Å². The van der Waals surface area contributed by atoms with Gasteiger partial charge in [-0.15, -0.1) is 0 Å². The van der Waals surface area contributed by atoms with E-state index >= 15 is 0 Å². The topological polar surface area (TPSA) is 66.5 Å². The minimum absolute atomic E-state index is 0.0854. The highest BCUT2D eigenvalue weighted by molar-refractivity contribution is 7.92. The van der Waals surface area contributed by atoms with Gasteiger partial charge in [-0.3, -0.25) is 9.52 Å². The molecular formula is C21H28N2O3S. The summed E-state index contributed by atoms with van der Waals surface area (Å²) in [6.45, 7) is 9.16. The first-order valence-corrected chi connectivity index (χ1v) is 10.8. The number of aryl methyl sites for hydroxylation is 1. The molecule has 27 heavy (non-hydrogen) atoms. The van der Waals surface area contributed by atoms with Crippen LogP contribution in [0.1, 0.15) is 48.2 Å². The Labute approximate surface area is 162 Å². The van der Waals surface area contributed by atoms with E-state index in [2.05, 4.69) is 4.72 Å². The summed E-state index contributed by atoms with van der Waals surface area (Å²) >= 11 is 0. The average Bonchev–Trinajstić information content (AvgIpc) is 2.65. The maximum atomic E-state index is 12.8. The molecule has 0 aromatic heterocycles. The number of hydrogen-bond acceptors (Lipinski definition) is 3. The molecule has 2 aromatic carbocycles. The molecule has 0 bridgehead atoms. The molecule has 0 aliphatic carbocycles. The fourth-order valence-corrected chi connectivity index (χ4v) is 4.07. The third-order valence-electron chi connectivity index (χ3n) is 4.51. The Morgan fingerprint density at radius 3 is 2.26 bits per heavy atom. The molecule has 2 rings (SSSR count). The number of sulfonamides is 1. The van der Waals surface area contributed by atoms with Crippen molar-refractivity contribution in [2.24, 2.45) is 0 Å². The summed E-state index contributed by atoms with van der Waals surface area (Å²) in [4.78, 5) is 14.6. The Hall–Kier alpha value is -2.34. The van der Waals surface area contributed by atoms with E-state index < -0.39 is 10.0 Å². The van der Waals surface area contributed by atoms with Gasteiger partial charge >= 0.3 is 0 Å². The number of carbonyl (C=O) groups is 1. The fraction of sp³-hybridized carbons (Fsp3) is 0.381. The highest BCUT2D eigenvalue weighted by Crippen LogP contribution is 2.22. The molecule has 0 saturated carbocycles. The molecule has 1 amide bonds. The van der Waals surface area contributed by atoms with Crippen LogP contribution in [0.5, 0.6) is 0 Å². The first-order valence-electron chi connectivity index (χ1n) is 9.28. The second kappa shape index (κ2) is 9.04. The Kier molecular flexibility index (Phi) is 7.02. The summed E-state index contributed by atoms with van der Waals surface area (Å²) in [6, 6.07) is 11.7. The van der Waals surface area contributed by atoms with Gasteiger partial charge in [0.2, 0.25) is 0 Å². The predicted octanol–water partition coefficient (Wildman–Crippen LogP) is 4.37. The summed E-state index contributed by atoms with van der Waals surface area (Å²) < 4.78 is 28.3. The van der Waals surface area contributed by atoms with Gasteiger partial charge in [0.1, 0.15) is 0 Å². The zero-order chi connectivity index (χ0) is 20.0. The maximum Gasteiger partial charge on any atom is 0.261 e. The van der Waals surface area contributed by atoms with Crippen molar-refractivity contribution >= 4 is 21.6 Å². The number of rotatable bonds is 8. The van der Waals surface area contributed by atoms with Crippen LogP contribution in [0.15, 0.2) is 47.4 Å². The van der Waals surface area contributed by atoms with Gasteiger partial charge in [-0.25, -0.2) is 8.42 Å². The van der Waals surface area contributed by atoms with Crippen LogP contribution in [0.4, 0.5) is 5.69 Å². The largest absolute Gasteiger partial charge is 0.339 e. The van der Waals surface area contributed by atoms with Gasteiger partial charge < -0.3 is 4.90 Å². The molecule has 0 fully saturated rings. The SMILES string of the molecule is CCCN(CCC)C(=O)c1cccc(S(=O)(=O)Nc2cccc(C)c2C)c1. The summed E-state index contributed by atoms with van der Waals surface area (Å²) in [5.41, 5.74) is 2.82. The van der Waals surface area contributed by atoms with Gasteiger partial charge in [-0.1, -0.05) is 32.0 Å². The van der Waals surface area contributed by atoms with E-state index in [9.17, 15) is 13.2 Å². The highest BCUT2D eigenvalue weighted by Gasteiger charge is 2.20. The summed E-state index contributed by atoms with van der Waals surface area (Å²) in [6.07, 6.45) is 1.72. The maximum absolute atomic E-state index is 12.8. The molecule has 0 radical (unpaired) electrons. The first-order chi connectivity index (χ1) is 12.8. The summed E-state index contributed by atoms with van der Waals surface area (Å²) in [5, 5.41) is 0. The number of benzene rings is 2. The molecule has 0 spiro atoms. The third-order valence-corrected chi connectivity index (χ3v) is 5.88. The zero-order valence-electron chi connectivity index (χ0n) is 16.5. The van der Waals surface area contributed by atoms with Crippen LogP contribution in [-0.4, -0.2) is 32.3 Å². The molecule has 0 atom stereocenters. The minimum atomic E-state index is -3.78. The van der Waals surface area contributed by atoms with Crippen LogP contribution in [0.2, 0.25) is 0 Å². The Morgan fingerprint density at radius 1 is 1.00 bits per heavy atom. The Morgan fingerprint density at radius 2 is 1.63 bits per heavy atom. The van der Waals surface area contributed by atoms with Crippen LogP contribution >= 0.6 is 0 Å². The lowest BCUT2D eigenvalue weighted by molar-refractivity contribution is 0.0755. The van der Waals surface area contributed by atoms with E-state index in [1.54, 1.807) is 23.1 Å². The van der Waals surface area contributed by atoms with Gasteiger partial charge in [0, 0.05) is 18.7 Å². The van der Waals surface area contributed by atoms with Crippen molar-refractivity contribution in [3.05, 3.63) is 59.2 Å². The number of nitrogens with one attached hydrogen (secondary N) is 1. The van der Waals surface area contributed by atoms with Gasteiger partial charge in [0.25, 0.3) is 15.9 Å². The molecule has 5 nitrogen and oxygen atoms in total. The van der Waals surface area contributed by atoms with Crippen LogP contribution in [0, 0.1) is 13.8 Å². The van der Waals surface area contributed by atoms with E-state index in [4.69, 9.17) is 0 Å². The number of hydrogen-bond donors (Lipinski definition) is 1. The number of amides is 1. The molecule has 0 saturated heterocycles. The standard InChI is InChI=1S/C21H28N2O3S/c1-5-13-23(14-6-2)21(24)18-10-8-11-19(15-18)27(25,26)22-20-12-7-9-16(3)17(20)4/h7-12,15,22H,5-6,13-14H2,1-4H3. The molecule has 6 heteroatoms. The molecule has 146 valence electrons. The fourth-order valence-electron chi connectivity index (χ4n) is 2.90. The lowest BCUT2D eigenvalue weighted by Gasteiger charge is -2.21. The normalized spacial score (nSPS) is 11.3. The van der Waals surface area contributed by atoms with Crippen molar-refractivity contribution in [2.45, 2.75) is 45.4 Å². The van der Waals surface area contributed by atoms with E-state index in [0.29, 0.717) is 24.3 Å². The molecular weight excluding hydrogens is 360 g/mol. The van der Waals surface area contributed by atoms with Crippen LogP contribution in [0.3, 0.4) is 0 Å². The van der Waals surface area contributed by atoms with Crippen molar-refractivity contribution < 1.29 is 13.2 Å². The van der Waals surface area contributed by atoms with Crippen molar-refractivity contribution in [2.75, 3.05) is 17.8 Å². The van der Waals surface area contributed by atoms with Crippen molar-refractivity contribution in [3.8, 4) is 0 Å². The number of anilines is 1. The Bertz CT molecular complexity index is 901. The second-order valence-electron chi connectivity index (χ2n) is 6.67. The smallest absolute Gasteiger partial charge is 0.261 e. The second-order valence-corrected chi connectivity index (χ2v) is 8.36. The molecule has 0 heterocycles. The third kappa shape index (κ3) is 5.10. The van der Waals surface area contributed by atoms with Gasteiger partial charge in [0.15, 0.2) is 0 Å². The molecule has 0 aliphatic heterocycles. The highest BCUT2D eigenvalue weighted by atomic mass is 32.2. The summed E-state index contributed by atoms with van der Waals surface area (Å²) in [5.74, 6) is -0.137. The summed E-state index contributed by atoms with van der Waals surface area (Å²) in [7, 11) is -3.78. The Balaban J connectivity index is 2.32. The molecule has 2 aromatic rings. The van der Waals surface area contributed by atoms with E-state index in [-0.39, 0.29) is 10.8 Å². The monoisotopic (exact) mass is 388 g/mol. The van der Waals surface area contributed by atoms with Crippen LogP contribution in [0.25, 0.3) is 0 Å². The van der Waals surface area contributed by atoms with Crippen molar-refractivity contribution in [1.29, 1.82) is 0 Å².